The highest BCUT2D eigenvalue weighted by molar-refractivity contribution is 6.17. The Balaban J connectivity index is 4.11. The molecule has 0 aromatic rings. The molecule has 0 radical (unpaired) electrons. The first-order chi connectivity index (χ1) is 11.2. The van der Waals surface area contributed by atoms with Crippen LogP contribution in [0.25, 0.3) is 0 Å². The highest BCUT2D eigenvalue weighted by Crippen LogP contribution is 2.26. The van der Waals surface area contributed by atoms with E-state index in [0.717, 1.165) is 31.1 Å². The van der Waals surface area contributed by atoms with Crippen LogP contribution in [0.5, 0.6) is 0 Å². The Morgan fingerprint density at radius 1 is 0.739 bits per heavy atom. The van der Waals surface area contributed by atoms with Gasteiger partial charge < -0.3 is 14.2 Å². The molecular formula is C19H39ClO3. The van der Waals surface area contributed by atoms with Gasteiger partial charge in [0.2, 0.25) is 0 Å². The summed E-state index contributed by atoms with van der Waals surface area (Å²) in [6.07, 6.45) is 10.7. The van der Waals surface area contributed by atoms with Gasteiger partial charge in [0, 0.05) is 32.1 Å². The molecule has 0 aromatic heterocycles. The molecule has 1 unspecified atom stereocenters. The summed E-state index contributed by atoms with van der Waals surface area (Å²) in [7, 11) is 0. The van der Waals surface area contributed by atoms with Gasteiger partial charge in [-0.15, -0.1) is 11.6 Å². The zero-order valence-electron chi connectivity index (χ0n) is 15.9. The fourth-order valence-corrected chi connectivity index (χ4v) is 3.31. The Bertz CT molecular complexity index is 232. The molecule has 0 spiro atoms. The molecule has 0 N–H and O–H groups in total. The van der Waals surface area contributed by atoms with Crippen LogP contribution in [0.2, 0.25) is 0 Å². The zero-order valence-corrected chi connectivity index (χ0v) is 16.6. The normalized spacial score (nSPS) is 13.4. The Hall–Kier alpha value is 0.170. The molecule has 0 amide bonds. The molecule has 140 valence electrons. The van der Waals surface area contributed by atoms with E-state index in [1.807, 2.05) is 20.8 Å². The lowest BCUT2D eigenvalue weighted by molar-refractivity contribution is -0.380. The summed E-state index contributed by atoms with van der Waals surface area (Å²) in [5, 5.41) is 0. The van der Waals surface area contributed by atoms with Crippen molar-refractivity contribution in [3.63, 3.8) is 0 Å². The van der Waals surface area contributed by atoms with Gasteiger partial charge in [-0.05, 0) is 46.0 Å². The smallest absolute Gasteiger partial charge is 0.282 e. The van der Waals surface area contributed by atoms with Gasteiger partial charge in [-0.1, -0.05) is 39.0 Å². The summed E-state index contributed by atoms with van der Waals surface area (Å²) < 4.78 is 17.3. The molecular weight excluding hydrogens is 312 g/mol. The molecule has 0 aliphatic heterocycles. The van der Waals surface area contributed by atoms with Crippen molar-refractivity contribution in [1.29, 1.82) is 0 Å². The molecule has 0 aliphatic carbocycles. The summed E-state index contributed by atoms with van der Waals surface area (Å²) >= 11 is 5.83. The number of alkyl halides is 1. The van der Waals surface area contributed by atoms with Crippen molar-refractivity contribution >= 4 is 11.6 Å². The largest absolute Gasteiger partial charge is 0.328 e. The van der Waals surface area contributed by atoms with E-state index in [1.165, 1.54) is 38.5 Å². The Morgan fingerprint density at radius 3 is 1.78 bits per heavy atom. The topological polar surface area (TPSA) is 27.7 Å². The Labute approximate surface area is 149 Å². The predicted octanol–water partition coefficient (Wildman–Crippen LogP) is 6.14. The van der Waals surface area contributed by atoms with Crippen LogP contribution in [0.1, 0.15) is 85.5 Å². The van der Waals surface area contributed by atoms with Crippen molar-refractivity contribution in [3.8, 4) is 0 Å². The monoisotopic (exact) mass is 350 g/mol. The van der Waals surface area contributed by atoms with Gasteiger partial charge in [0.15, 0.2) is 0 Å². The molecule has 0 aromatic carbocycles. The highest BCUT2D eigenvalue weighted by Gasteiger charge is 2.31. The first kappa shape index (κ1) is 23.2. The van der Waals surface area contributed by atoms with Gasteiger partial charge in [0.25, 0.3) is 5.97 Å². The summed E-state index contributed by atoms with van der Waals surface area (Å²) in [4.78, 5) is 0. The van der Waals surface area contributed by atoms with Gasteiger partial charge in [0.1, 0.15) is 0 Å². The third kappa shape index (κ3) is 11.4. The molecule has 23 heavy (non-hydrogen) atoms. The van der Waals surface area contributed by atoms with Crippen LogP contribution >= 0.6 is 11.6 Å². The molecule has 4 heteroatoms. The van der Waals surface area contributed by atoms with Crippen molar-refractivity contribution in [3.05, 3.63) is 0 Å². The van der Waals surface area contributed by atoms with Crippen LogP contribution in [0, 0.1) is 5.92 Å². The quantitative estimate of drug-likeness (QED) is 0.179. The maximum absolute atomic E-state index is 5.83. The molecule has 3 nitrogen and oxygen atoms in total. The maximum Gasteiger partial charge on any atom is 0.282 e. The second-order valence-electron chi connectivity index (χ2n) is 6.07. The van der Waals surface area contributed by atoms with E-state index in [0.29, 0.717) is 19.8 Å². The number of hydrogen-bond donors (Lipinski definition) is 0. The third-order valence-electron chi connectivity index (χ3n) is 4.13. The zero-order chi connectivity index (χ0) is 17.4. The summed E-state index contributed by atoms with van der Waals surface area (Å²) in [5.41, 5.74) is 0. The van der Waals surface area contributed by atoms with E-state index in [2.05, 4.69) is 6.92 Å². The van der Waals surface area contributed by atoms with E-state index in [1.54, 1.807) is 0 Å². The van der Waals surface area contributed by atoms with Gasteiger partial charge in [-0.25, -0.2) is 0 Å². The van der Waals surface area contributed by atoms with E-state index >= 15 is 0 Å². The molecule has 1 atom stereocenters. The van der Waals surface area contributed by atoms with Gasteiger partial charge >= 0.3 is 0 Å². The maximum atomic E-state index is 5.83. The summed E-state index contributed by atoms with van der Waals surface area (Å²) in [5.74, 6) is 0.800. The average molecular weight is 351 g/mol. The summed E-state index contributed by atoms with van der Waals surface area (Å²) in [6.45, 7) is 10.1. The lowest BCUT2D eigenvalue weighted by Crippen LogP contribution is -2.39. The van der Waals surface area contributed by atoms with E-state index in [4.69, 9.17) is 25.8 Å². The lowest BCUT2D eigenvalue weighted by Gasteiger charge is -2.32. The number of rotatable bonds is 17. The molecule has 0 aliphatic rings. The van der Waals surface area contributed by atoms with Gasteiger partial charge in [0.05, 0.1) is 0 Å². The average Bonchev–Trinajstić information content (AvgIpc) is 2.53. The van der Waals surface area contributed by atoms with Crippen molar-refractivity contribution < 1.29 is 14.2 Å². The first-order valence-corrected chi connectivity index (χ1v) is 10.2. The van der Waals surface area contributed by atoms with Crippen LogP contribution in [0.15, 0.2) is 0 Å². The number of unbranched alkanes of at least 4 members (excludes halogenated alkanes) is 2. The first-order valence-electron chi connectivity index (χ1n) is 9.65. The van der Waals surface area contributed by atoms with E-state index < -0.39 is 5.97 Å². The number of halogens is 1. The number of ether oxygens (including phenoxy) is 3. The van der Waals surface area contributed by atoms with E-state index in [-0.39, 0.29) is 0 Å². The van der Waals surface area contributed by atoms with Crippen LogP contribution < -0.4 is 0 Å². The Kier molecular flexibility index (Phi) is 15.8. The molecule has 0 saturated carbocycles. The van der Waals surface area contributed by atoms with Crippen LogP contribution in [-0.4, -0.2) is 31.7 Å². The summed E-state index contributed by atoms with van der Waals surface area (Å²) in [6, 6.07) is 0. The third-order valence-corrected chi connectivity index (χ3v) is 4.40. The molecule has 0 heterocycles. The van der Waals surface area contributed by atoms with Crippen molar-refractivity contribution in [2.75, 3.05) is 25.7 Å². The van der Waals surface area contributed by atoms with Gasteiger partial charge in [-0.3, -0.25) is 0 Å². The van der Waals surface area contributed by atoms with Crippen molar-refractivity contribution in [2.45, 2.75) is 91.5 Å². The van der Waals surface area contributed by atoms with Gasteiger partial charge in [-0.2, -0.15) is 0 Å². The fourth-order valence-electron chi connectivity index (χ4n) is 3.16. The molecule has 0 saturated heterocycles. The minimum Gasteiger partial charge on any atom is -0.328 e. The van der Waals surface area contributed by atoms with Crippen LogP contribution in [0.4, 0.5) is 0 Å². The fraction of sp³-hybridized carbons (Fsp3) is 1.00. The minimum atomic E-state index is -0.834. The SMILES string of the molecule is CCCC(CCCCl)CCCCCC(OCC)(OCC)OCC. The van der Waals surface area contributed by atoms with Crippen molar-refractivity contribution in [1.82, 2.24) is 0 Å². The molecule has 0 rings (SSSR count). The van der Waals surface area contributed by atoms with Crippen LogP contribution in [0.3, 0.4) is 0 Å². The van der Waals surface area contributed by atoms with E-state index in [9.17, 15) is 0 Å². The molecule has 0 bridgehead atoms. The second kappa shape index (κ2) is 15.7. The Morgan fingerprint density at radius 2 is 1.30 bits per heavy atom. The molecule has 0 fully saturated rings. The second-order valence-corrected chi connectivity index (χ2v) is 6.45. The number of hydrogen-bond acceptors (Lipinski definition) is 3. The standard InChI is InChI=1S/C19H39ClO3/c1-5-13-18(15-12-17-20)14-10-9-11-16-19(21-6-2,22-7-3)23-8-4/h18H,5-17H2,1-4H3. The predicted molar refractivity (Wildman–Crippen MR) is 99.0 cm³/mol. The van der Waals surface area contributed by atoms with Crippen molar-refractivity contribution in [2.24, 2.45) is 5.92 Å². The minimum absolute atomic E-state index is 0.608. The lowest BCUT2D eigenvalue weighted by atomic mass is 9.92. The van der Waals surface area contributed by atoms with Crippen LogP contribution in [-0.2, 0) is 14.2 Å². The highest BCUT2D eigenvalue weighted by atomic mass is 35.5.